The number of aliphatic carboxylic acids is 1. The molecule has 0 saturated carbocycles. The number of rotatable bonds is 6. The van der Waals surface area contributed by atoms with Crippen LogP contribution >= 0.6 is 0 Å². The van der Waals surface area contributed by atoms with Gasteiger partial charge >= 0.3 is 5.97 Å². The van der Waals surface area contributed by atoms with Crippen molar-refractivity contribution in [3.05, 3.63) is 29.3 Å². The van der Waals surface area contributed by atoms with Crippen molar-refractivity contribution in [2.24, 2.45) is 0 Å². The van der Waals surface area contributed by atoms with Gasteiger partial charge in [0.2, 0.25) is 0 Å². The normalized spacial score (nSPS) is 12.5. The first kappa shape index (κ1) is 14.5. The summed E-state index contributed by atoms with van der Waals surface area (Å²) in [4.78, 5) is 10.5. The summed E-state index contributed by atoms with van der Waals surface area (Å²) in [6, 6.07) is 5.47. The highest BCUT2D eigenvalue weighted by Crippen LogP contribution is 2.30. The Morgan fingerprint density at radius 3 is 2.56 bits per heavy atom. The van der Waals surface area contributed by atoms with Crippen LogP contribution in [0.4, 0.5) is 0 Å². The average Bonchev–Trinajstić information content (AvgIpc) is 2.34. The van der Waals surface area contributed by atoms with Crippen molar-refractivity contribution in [3.63, 3.8) is 0 Å². The van der Waals surface area contributed by atoms with Gasteiger partial charge in [-0.25, -0.2) is 0 Å². The van der Waals surface area contributed by atoms with E-state index in [9.17, 15) is 9.90 Å². The van der Waals surface area contributed by atoms with Gasteiger partial charge in [0.05, 0.1) is 13.2 Å². The third kappa shape index (κ3) is 3.74. The third-order valence-corrected chi connectivity index (χ3v) is 2.89. The highest BCUT2D eigenvalue weighted by Gasteiger charge is 2.14. The van der Waals surface area contributed by atoms with Crippen LogP contribution in [-0.4, -0.2) is 23.3 Å². The maximum atomic E-state index is 10.5. The summed E-state index contributed by atoms with van der Waals surface area (Å²) in [7, 11) is 1.61. The number of aliphatic hydroxyl groups is 1. The van der Waals surface area contributed by atoms with Crippen molar-refractivity contribution in [1.82, 2.24) is 0 Å². The largest absolute Gasteiger partial charge is 0.496 e. The van der Waals surface area contributed by atoms with E-state index in [0.717, 1.165) is 16.9 Å². The zero-order chi connectivity index (χ0) is 13.7. The van der Waals surface area contributed by atoms with E-state index in [-0.39, 0.29) is 18.8 Å². The molecule has 0 amide bonds. The summed E-state index contributed by atoms with van der Waals surface area (Å²) in [5, 5.41) is 18.5. The number of ether oxygens (including phenoxy) is 1. The molecule has 0 aromatic heterocycles. The molecule has 0 heterocycles. The highest BCUT2D eigenvalue weighted by molar-refractivity contribution is 5.66. The molecule has 1 atom stereocenters. The predicted molar refractivity (Wildman–Crippen MR) is 68.9 cm³/mol. The Labute approximate surface area is 107 Å². The molecule has 18 heavy (non-hydrogen) atoms. The first-order chi connectivity index (χ1) is 8.45. The lowest BCUT2D eigenvalue weighted by Crippen LogP contribution is -2.04. The van der Waals surface area contributed by atoms with Crippen LogP contribution in [0, 0.1) is 0 Å². The summed E-state index contributed by atoms with van der Waals surface area (Å²) in [5.41, 5.74) is 1.75. The molecular weight excluding hydrogens is 232 g/mol. The van der Waals surface area contributed by atoms with Crippen molar-refractivity contribution in [2.45, 2.75) is 38.7 Å². The second-order valence-electron chi connectivity index (χ2n) is 4.60. The molecule has 0 spiro atoms. The molecule has 0 aliphatic carbocycles. The van der Waals surface area contributed by atoms with E-state index >= 15 is 0 Å². The summed E-state index contributed by atoms with van der Waals surface area (Å²) in [5.74, 6) is 0.178. The fraction of sp³-hybridized carbons (Fsp3) is 0.500. The molecule has 0 fully saturated rings. The summed E-state index contributed by atoms with van der Waals surface area (Å²) in [6.07, 6.45) is -0.562. The minimum Gasteiger partial charge on any atom is -0.496 e. The molecule has 0 saturated heterocycles. The van der Waals surface area contributed by atoms with Crippen LogP contribution in [0.1, 0.15) is 49.8 Å². The highest BCUT2D eigenvalue weighted by atomic mass is 16.5. The maximum absolute atomic E-state index is 10.5. The van der Waals surface area contributed by atoms with Gasteiger partial charge in [-0.15, -0.1) is 0 Å². The van der Waals surface area contributed by atoms with Crippen molar-refractivity contribution >= 4 is 5.97 Å². The fourth-order valence-corrected chi connectivity index (χ4v) is 1.84. The quantitative estimate of drug-likeness (QED) is 0.817. The van der Waals surface area contributed by atoms with Gasteiger partial charge < -0.3 is 14.9 Å². The van der Waals surface area contributed by atoms with Crippen LogP contribution in [0.25, 0.3) is 0 Å². The SMILES string of the molecule is COc1ccc(C(O)CCC(=O)O)cc1C(C)C. The van der Waals surface area contributed by atoms with Crippen molar-refractivity contribution in [1.29, 1.82) is 0 Å². The van der Waals surface area contributed by atoms with Crippen LogP contribution in [0.15, 0.2) is 18.2 Å². The van der Waals surface area contributed by atoms with Crippen molar-refractivity contribution < 1.29 is 19.7 Å². The third-order valence-electron chi connectivity index (χ3n) is 2.89. The molecule has 2 N–H and O–H groups in total. The summed E-state index contributed by atoms with van der Waals surface area (Å²) >= 11 is 0. The number of hydrogen-bond acceptors (Lipinski definition) is 3. The van der Waals surface area contributed by atoms with E-state index in [1.807, 2.05) is 26.0 Å². The first-order valence-electron chi connectivity index (χ1n) is 6.03. The molecule has 4 nitrogen and oxygen atoms in total. The predicted octanol–water partition coefficient (Wildman–Crippen LogP) is 2.72. The van der Waals surface area contributed by atoms with Gasteiger partial charge in [-0.3, -0.25) is 4.79 Å². The Bertz CT molecular complexity index is 412. The molecule has 0 radical (unpaired) electrons. The topological polar surface area (TPSA) is 66.8 Å². The van der Waals surface area contributed by atoms with Crippen molar-refractivity contribution in [3.8, 4) is 5.75 Å². The second kappa shape index (κ2) is 6.40. The van der Waals surface area contributed by atoms with Crippen LogP contribution in [0.3, 0.4) is 0 Å². The minimum absolute atomic E-state index is 0.0375. The monoisotopic (exact) mass is 252 g/mol. The van der Waals surface area contributed by atoms with E-state index in [1.54, 1.807) is 13.2 Å². The molecule has 0 bridgehead atoms. The van der Waals surface area contributed by atoms with E-state index in [0.29, 0.717) is 0 Å². The minimum atomic E-state index is -0.897. The Kier molecular flexibility index (Phi) is 5.16. The van der Waals surface area contributed by atoms with Gasteiger partial charge in [0.25, 0.3) is 0 Å². The van der Waals surface area contributed by atoms with Crippen LogP contribution < -0.4 is 4.74 Å². The lowest BCUT2D eigenvalue weighted by Gasteiger charge is -2.16. The molecule has 1 unspecified atom stereocenters. The van der Waals surface area contributed by atoms with Gasteiger partial charge in [0.1, 0.15) is 5.75 Å². The van der Waals surface area contributed by atoms with Crippen LogP contribution in [0.5, 0.6) is 5.75 Å². The first-order valence-corrected chi connectivity index (χ1v) is 6.03. The summed E-state index contributed by atoms with van der Waals surface area (Å²) < 4.78 is 5.26. The lowest BCUT2D eigenvalue weighted by molar-refractivity contribution is -0.137. The van der Waals surface area contributed by atoms with Gasteiger partial charge in [-0.05, 0) is 35.6 Å². The standard InChI is InChI=1S/C14H20O4/c1-9(2)11-8-10(4-6-13(11)18-3)12(15)5-7-14(16)17/h4,6,8-9,12,15H,5,7H2,1-3H3,(H,16,17). The molecule has 1 aromatic rings. The van der Waals surface area contributed by atoms with Crippen LogP contribution in [0.2, 0.25) is 0 Å². The summed E-state index contributed by atoms with van der Waals surface area (Å²) in [6.45, 7) is 4.09. The molecule has 0 aliphatic rings. The molecule has 1 aromatic carbocycles. The van der Waals surface area contributed by atoms with E-state index < -0.39 is 12.1 Å². The number of carboxylic acid groups (broad SMARTS) is 1. The molecule has 4 heteroatoms. The van der Waals surface area contributed by atoms with E-state index in [1.165, 1.54) is 0 Å². The van der Waals surface area contributed by atoms with Crippen LogP contribution in [-0.2, 0) is 4.79 Å². The number of benzene rings is 1. The second-order valence-corrected chi connectivity index (χ2v) is 4.60. The number of methoxy groups -OCH3 is 1. The van der Waals surface area contributed by atoms with Crippen molar-refractivity contribution in [2.75, 3.05) is 7.11 Å². The van der Waals surface area contributed by atoms with E-state index in [4.69, 9.17) is 9.84 Å². The molecule has 1 rings (SSSR count). The number of carbonyl (C=O) groups is 1. The van der Waals surface area contributed by atoms with E-state index in [2.05, 4.69) is 0 Å². The Morgan fingerprint density at radius 1 is 1.39 bits per heavy atom. The maximum Gasteiger partial charge on any atom is 0.303 e. The van der Waals surface area contributed by atoms with Gasteiger partial charge in [0, 0.05) is 6.42 Å². The van der Waals surface area contributed by atoms with Gasteiger partial charge in [0.15, 0.2) is 0 Å². The molecule has 0 aliphatic heterocycles. The van der Waals surface area contributed by atoms with Gasteiger partial charge in [-0.1, -0.05) is 19.9 Å². The Morgan fingerprint density at radius 2 is 2.06 bits per heavy atom. The Hall–Kier alpha value is -1.55. The number of carboxylic acids is 1. The average molecular weight is 252 g/mol. The lowest BCUT2D eigenvalue weighted by atomic mass is 9.96. The zero-order valence-electron chi connectivity index (χ0n) is 11.0. The molecule has 100 valence electrons. The Balaban J connectivity index is 2.90. The molecular formula is C14H20O4. The van der Waals surface area contributed by atoms with Gasteiger partial charge in [-0.2, -0.15) is 0 Å². The zero-order valence-corrected chi connectivity index (χ0v) is 11.0. The number of hydrogen-bond donors (Lipinski definition) is 2. The number of aliphatic hydroxyl groups excluding tert-OH is 1. The smallest absolute Gasteiger partial charge is 0.303 e. The fourth-order valence-electron chi connectivity index (χ4n) is 1.84.